The predicted octanol–water partition coefficient (Wildman–Crippen LogP) is 5.40. The number of halogens is 3. The molecule has 1 aromatic rings. The maximum atomic E-state index is 6.13. The summed E-state index contributed by atoms with van der Waals surface area (Å²) in [6.07, 6.45) is 5.72. The van der Waals surface area contributed by atoms with Crippen molar-refractivity contribution in [3.63, 3.8) is 0 Å². The average Bonchev–Trinajstić information content (AvgIpc) is 2.66. The smallest absolute Gasteiger partial charge is 0.191 e. The summed E-state index contributed by atoms with van der Waals surface area (Å²) in [5, 5.41) is 0. The van der Waals surface area contributed by atoms with Gasteiger partial charge in [-0.3, -0.25) is 0 Å². The first-order valence-corrected chi connectivity index (χ1v) is 8.91. The van der Waals surface area contributed by atoms with Gasteiger partial charge in [0.2, 0.25) is 0 Å². The second-order valence-electron chi connectivity index (χ2n) is 6.62. The lowest BCUT2D eigenvalue weighted by Crippen LogP contribution is -2.41. The fraction of sp³-hybridized carbons (Fsp3) is 0.647. The molecule has 2 bridgehead atoms. The van der Waals surface area contributed by atoms with Crippen molar-refractivity contribution in [1.82, 2.24) is 4.90 Å². The van der Waals surface area contributed by atoms with E-state index in [0.29, 0.717) is 18.3 Å². The van der Waals surface area contributed by atoms with Gasteiger partial charge in [0.1, 0.15) is 0 Å². The molecule has 4 heteroatoms. The molecule has 2 heterocycles. The number of benzene rings is 1. The van der Waals surface area contributed by atoms with Crippen LogP contribution in [0.5, 0.6) is 0 Å². The minimum absolute atomic E-state index is 0.343. The van der Waals surface area contributed by atoms with Crippen LogP contribution in [-0.4, -0.2) is 27.8 Å². The number of hydrogen-bond donors (Lipinski definition) is 0. The minimum Gasteiger partial charge on any atom is -0.300 e. The number of nitrogens with zero attached hydrogens (tertiary/aromatic N) is 1. The van der Waals surface area contributed by atoms with Crippen LogP contribution in [0.1, 0.15) is 43.6 Å². The lowest BCUT2D eigenvalue weighted by atomic mass is 9.76. The molecule has 2 fully saturated rings. The molecule has 4 atom stereocenters. The van der Waals surface area contributed by atoms with Gasteiger partial charge < -0.3 is 4.90 Å². The molecule has 2 aliphatic heterocycles. The van der Waals surface area contributed by atoms with Crippen LogP contribution in [0.4, 0.5) is 0 Å². The second-order valence-corrected chi connectivity index (χ2v) is 9.13. The zero-order valence-electron chi connectivity index (χ0n) is 12.3. The zero-order chi connectivity index (χ0) is 15.0. The number of piperidine rings is 1. The Morgan fingerprint density at radius 1 is 1.10 bits per heavy atom. The quantitative estimate of drug-likeness (QED) is 0.662. The fourth-order valence-electron chi connectivity index (χ4n) is 4.29. The second kappa shape index (κ2) is 6.28. The summed E-state index contributed by atoms with van der Waals surface area (Å²) in [5.74, 6) is 0.965. The molecule has 21 heavy (non-hydrogen) atoms. The predicted molar refractivity (Wildman–Crippen MR) is 91.4 cm³/mol. The lowest BCUT2D eigenvalue weighted by molar-refractivity contribution is 0.118. The Balaban J connectivity index is 1.83. The Morgan fingerprint density at radius 3 is 2.19 bits per heavy atom. The molecule has 1 unspecified atom stereocenters. The number of rotatable bonds is 3. The van der Waals surface area contributed by atoms with Crippen LogP contribution in [0.2, 0.25) is 0 Å². The zero-order valence-corrected chi connectivity index (χ0v) is 14.6. The topological polar surface area (TPSA) is 3.24 Å². The van der Waals surface area contributed by atoms with Crippen molar-refractivity contribution in [2.24, 2.45) is 5.92 Å². The molecule has 1 aromatic carbocycles. The SMILES string of the molecule is CN1[C@@H]2CC[C@H]1CC([C@H](CC(Cl)(Cl)Cl)c1ccccc1)C2. The highest BCUT2D eigenvalue weighted by Gasteiger charge is 2.42. The van der Waals surface area contributed by atoms with Crippen LogP contribution >= 0.6 is 34.8 Å². The third kappa shape index (κ3) is 3.69. The molecule has 0 radical (unpaired) electrons. The largest absolute Gasteiger partial charge is 0.300 e. The summed E-state index contributed by atoms with van der Waals surface area (Å²) in [4.78, 5) is 2.56. The highest BCUT2D eigenvalue weighted by Crippen LogP contribution is 2.48. The van der Waals surface area contributed by atoms with Gasteiger partial charge in [-0.15, -0.1) is 0 Å². The Bertz CT molecular complexity index is 457. The van der Waals surface area contributed by atoms with E-state index >= 15 is 0 Å². The maximum Gasteiger partial charge on any atom is 0.191 e. The monoisotopic (exact) mass is 345 g/mol. The van der Waals surface area contributed by atoms with Gasteiger partial charge in [0.15, 0.2) is 3.79 Å². The van der Waals surface area contributed by atoms with Gasteiger partial charge in [-0.25, -0.2) is 0 Å². The summed E-state index contributed by atoms with van der Waals surface area (Å²) >= 11 is 18.4. The first-order valence-electron chi connectivity index (χ1n) is 7.77. The number of fused-ring (bicyclic) bond motifs is 2. The molecule has 3 rings (SSSR count). The fourth-order valence-corrected chi connectivity index (χ4v) is 4.79. The molecule has 0 N–H and O–H groups in total. The molecule has 1 nitrogen and oxygen atoms in total. The Morgan fingerprint density at radius 2 is 1.67 bits per heavy atom. The van der Waals surface area contributed by atoms with E-state index < -0.39 is 3.79 Å². The maximum absolute atomic E-state index is 6.13. The van der Waals surface area contributed by atoms with Crippen molar-refractivity contribution in [2.75, 3.05) is 7.05 Å². The van der Waals surface area contributed by atoms with Crippen LogP contribution in [0.15, 0.2) is 30.3 Å². The van der Waals surface area contributed by atoms with E-state index in [9.17, 15) is 0 Å². The Labute approximate surface area is 142 Å². The number of alkyl halides is 3. The molecule has 0 saturated carbocycles. The normalized spacial score (nSPS) is 31.3. The van der Waals surface area contributed by atoms with E-state index in [0.717, 1.165) is 12.1 Å². The molecule has 116 valence electrons. The van der Waals surface area contributed by atoms with Gasteiger partial charge in [-0.2, -0.15) is 0 Å². The third-order valence-corrected chi connectivity index (χ3v) is 5.85. The summed E-state index contributed by atoms with van der Waals surface area (Å²) in [6, 6.07) is 12.0. The van der Waals surface area contributed by atoms with Crippen molar-refractivity contribution < 1.29 is 0 Å². The first kappa shape index (κ1) is 15.9. The van der Waals surface area contributed by atoms with Crippen LogP contribution in [0, 0.1) is 5.92 Å². The van der Waals surface area contributed by atoms with Gasteiger partial charge >= 0.3 is 0 Å². The standard InChI is InChI=1S/C17H22Cl3N/c1-21-14-7-8-15(21)10-13(9-14)16(11-17(18,19)20)12-5-3-2-4-6-12/h2-6,13-16H,7-11H2,1H3/t13?,14-,15+,16-/m1/s1. The van der Waals surface area contributed by atoms with E-state index in [1.54, 1.807) is 0 Å². The van der Waals surface area contributed by atoms with Gasteiger partial charge in [0.25, 0.3) is 0 Å². The van der Waals surface area contributed by atoms with Gasteiger partial charge in [-0.1, -0.05) is 65.1 Å². The Hall–Kier alpha value is 0.0500. The Kier molecular flexibility index (Phi) is 4.76. The summed E-state index contributed by atoms with van der Waals surface area (Å²) in [5.41, 5.74) is 1.32. The highest BCUT2D eigenvalue weighted by atomic mass is 35.6. The highest BCUT2D eigenvalue weighted by molar-refractivity contribution is 6.67. The van der Waals surface area contributed by atoms with Crippen LogP contribution in [-0.2, 0) is 0 Å². The van der Waals surface area contributed by atoms with Crippen molar-refractivity contribution in [3.05, 3.63) is 35.9 Å². The summed E-state index contributed by atoms with van der Waals surface area (Å²) < 4.78 is -1.18. The van der Waals surface area contributed by atoms with E-state index in [-0.39, 0.29) is 0 Å². The first-order chi connectivity index (χ1) is 9.94. The minimum atomic E-state index is -1.18. The molecule has 2 saturated heterocycles. The molecule has 0 amide bonds. The lowest BCUT2D eigenvalue weighted by Gasteiger charge is -2.40. The molecule has 0 spiro atoms. The van der Waals surface area contributed by atoms with E-state index in [2.05, 4.69) is 36.2 Å². The van der Waals surface area contributed by atoms with Crippen LogP contribution < -0.4 is 0 Å². The third-order valence-electron chi connectivity index (χ3n) is 5.38. The van der Waals surface area contributed by atoms with Crippen LogP contribution in [0.25, 0.3) is 0 Å². The van der Waals surface area contributed by atoms with Gasteiger partial charge in [0.05, 0.1) is 0 Å². The molecular weight excluding hydrogens is 325 g/mol. The summed E-state index contributed by atoms with van der Waals surface area (Å²) in [6.45, 7) is 0. The van der Waals surface area contributed by atoms with Crippen molar-refractivity contribution >= 4 is 34.8 Å². The van der Waals surface area contributed by atoms with Gasteiger partial charge in [0, 0.05) is 18.5 Å². The van der Waals surface area contributed by atoms with E-state index in [1.165, 1.54) is 31.2 Å². The van der Waals surface area contributed by atoms with Crippen molar-refractivity contribution in [1.29, 1.82) is 0 Å². The molecule has 0 aromatic heterocycles. The van der Waals surface area contributed by atoms with Crippen molar-refractivity contribution in [3.8, 4) is 0 Å². The number of hydrogen-bond acceptors (Lipinski definition) is 1. The molecular formula is C17H22Cl3N. The molecule has 2 aliphatic rings. The van der Waals surface area contributed by atoms with Crippen LogP contribution in [0.3, 0.4) is 0 Å². The van der Waals surface area contributed by atoms with E-state index in [1.807, 2.05) is 6.07 Å². The molecule has 0 aliphatic carbocycles. The van der Waals surface area contributed by atoms with E-state index in [4.69, 9.17) is 34.8 Å². The van der Waals surface area contributed by atoms with Crippen molar-refractivity contribution in [2.45, 2.75) is 53.9 Å². The summed E-state index contributed by atoms with van der Waals surface area (Å²) in [7, 11) is 2.27. The average molecular weight is 347 g/mol. The van der Waals surface area contributed by atoms with Gasteiger partial charge in [-0.05, 0) is 50.1 Å².